The molecule has 0 spiro atoms. The van der Waals surface area contributed by atoms with Crippen LogP contribution in [0.5, 0.6) is 0 Å². The van der Waals surface area contributed by atoms with Gasteiger partial charge in [0.2, 0.25) is 10.0 Å². The molecule has 0 radical (unpaired) electrons. The highest BCUT2D eigenvalue weighted by molar-refractivity contribution is 7.89. The van der Waals surface area contributed by atoms with E-state index in [-0.39, 0.29) is 22.9 Å². The Hall–Kier alpha value is -1.15. The molecule has 1 aromatic rings. The van der Waals surface area contributed by atoms with Crippen molar-refractivity contribution in [2.75, 3.05) is 6.54 Å². The molecule has 0 amide bonds. The number of aliphatic hydroxyl groups excluding tert-OH is 1. The van der Waals surface area contributed by atoms with Crippen LogP contribution in [0, 0.1) is 6.92 Å². The van der Waals surface area contributed by atoms with Crippen LogP contribution in [0.3, 0.4) is 0 Å². The lowest BCUT2D eigenvalue weighted by Crippen LogP contribution is -2.40. The number of carboxylic acid groups (broad SMARTS) is 1. The van der Waals surface area contributed by atoms with Gasteiger partial charge in [-0.05, 0) is 24.6 Å². The quantitative estimate of drug-likeness (QED) is 0.861. The number of carboxylic acids is 1. The zero-order valence-corrected chi connectivity index (χ0v) is 12.2. The number of rotatable bonds is 3. The van der Waals surface area contributed by atoms with E-state index in [1.807, 2.05) is 0 Å². The zero-order chi connectivity index (χ0) is 15.1. The van der Waals surface area contributed by atoms with Crippen LogP contribution in [-0.2, 0) is 14.8 Å². The average molecular weight is 320 g/mol. The highest BCUT2D eigenvalue weighted by Crippen LogP contribution is 2.30. The van der Waals surface area contributed by atoms with E-state index < -0.39 is 28.1 Å². The maximum atomic E-state index is 12.5. The fourth-order valence-electron chi connectivity index (χ4n) is 2.22. The van der Waals surface area contributed by atoms with Gasteiger partial charge in [-0.15, -0.1) is 0 Å². The van der Waals surface area contributed by atoms with Gasteiger partial charge in [-0.25, -0.2) is 8.42 Å². The fourth-order valence-corrected chi connectivity index (χ4v) is 4.42. The van der Waals surface area contributed by atoms with Gasteiger partial charge in [0.05, 0.1) is 11.1 Å². The van der Waals surface area contributed by atoms with E-state index in [4.69, 9.17) is 16.7 Å². The smallest absolute Gasteiger partial charge is 0.322 e. The highest BCUT2D eigenvalue weighted by Gasteiger charge is 2.44. The number of sulfonamides is 1. The molecule has 0 bridgehead atoms. The summed E-state index contributed by atoms with van der Waals surface area (Å²) in [6.45, 7) is 1.52. The molecule has 1 aromatic carbocycles. The minimum atomic E-state index is -4.05. The monoisotopic (exact) mass is 319 g/mol. The highest BCUT2D eigenvalue weighted by atomic mass is 35.5. The van der Waals surface area contributed by atoms with Crippen LogP contribution in [0.15, 0.2) is 23.1 Å². The Bertz CT molecular complexity index is 645. The van der Waals surface area contributed by atoms with Crippen LogP contribution in [0.2, 0.25) is 5.02 Å². The van der Waals surface area contributed by atoms with Crippen molar-refractivity contribution >= 4 is 27.6 Å². The molecule has 1 saturated heterocycles. The van der Waals surface area contributed by atoms with Crippen molar-refractivity contribution < 1.29 is 23.4 Å². The Morgan fingerprint density at radius 3 is 2.65 bits per heavy atom. The van der Waals surface area contributed by atoms with E-state index in [1.165, 1.54) is 12.1 Å². The maximum absolute atomic E-state index is 12.5. The number of carbonyl (C=O) groups is 1. The van der Waals surface area contributed by atoms with Crippen LogP contribution in [0.25, 0.3) is 0 Å². The molecule has 2 N–H and O–H groups in total. The lowest BCUT2D eigenvalue weighted by atomic mass is 10.2. The molecule has 1 heterocycles. The van der Waals surface area contributed by atoms with Gasteiger partial charge in [0, 0.05) is 13.0 Å². The van der Waals surface area contributed by atoms with Crippen molar-refractivity contribution in [2.45, 2.75) is 30.4 Å². The maximum Gasteiger partial charge on any atom is 0.322 e. The van der Waals surface area contributed by atoms with Crippen LogP contribution < -0.4 is 0 Å². The van der Waals surface area contributed by atoms with Crippen molar-refractivity contribution in [3.05, 3.63) is 28.8 Å². The van der Waals surface area contributed by atoms with Crippen LogP contribution >= 0.6 is 11.6 Å². The van der Waals surface area contributed by atoms with E-state index in [1.54, 1.807) is 13.0 Å². The lowest BCUT2D eigenvalue weighted by molar-refractivity contribution is -0.140. The molecule has 8 heteroatoms. The predicted molar refractivity (Wildman–Crippen MR) is 72.1 cm³/mol. The van der Waals surface area contributed by atoms with Gasteiger partial charge < -0.3 is 10.2 Å². The van der Waals surface area contributed by atoms with Gasteiger partial charge in [-0.1, -0.05) is 17.7 Å². The third-order valence-corrected chi connectivity index (χ3v) is 5.55. The predicted octanol–water partition coefficient (Wildman–Crippen LogP) is 0.857. The topological polar surface area (TPSA) is 94.9 Å². The number of β-amino-alcohol motifs (C(OH)–C–C–N with tert-alkyl or cyclic N) is 1. The normalized spacial score (nSPS) is 23.9. The molecule has 1 aliphatic rings. The van der Waals surface area contributed by atoms with E-state index in [2.05, 4.69) is 0 Å². The zero-order valence-electron chi connectivity index (χ0n) is 10.7. The first kappa shape index (κ1) is 15.2. The molecule has 1 fully saturated rings. The molecule has 0 saturated carbocycles. The molecule has 110 valence electrons. The molecule has 1 aliphatic heterocycles. The summed E-state index contributed by atoms with van der Waals surface area (Å²) in [5.74, 6) is -1.28. The summed E-state index contributed by atoms with van der Waals surface area (Å²) in [7, 11) is -4.05. The number of aryl methyl sites for hydroxylation is 1. The average Bonchev–Trinajstić information content (AvgIpc) is 2.71. The number of benzene rings is 1. The first-order valence-corrected chi connectivity index (χ1v) is 7.74. The molecule has 2 atom stereocenters. The van der Waals surface area contributed by atoms with Gasteiger partial charge in [0.15, 0.2) is 0 Å². The lowest BCUT2D eigenvalue weighted by Gasteiger charge is -2.21. The Labute approximate surface area is 121 Å². The summed E-state index contributed by atoms with van der Waals surface area (Å²) in [4.78, 5) is 11.0. The summed E-state index contributed by atoms with van der Waals surface area (Å²) in [5.41, 5.74) is 0.796. The van der Waals surface area contributed by atoms with Gasteiger partial charge in [0.25, 0.3) is 0 Å². The number of nitrogens with zero attached hydrogens (tertiary/aromatic N) is 1. The standard InChI is InChI=1S/C12H14ClNO5S/c1-7-2-3-11(9(13)4-7)20(18,19)14-6-8(15)5-10(14)12(16)17/h2-4,8,10,15H,5-6H2,1H3,(H,16,17)/t8?,10-/m0/s1. The summed E-state index contributed by atoms with van der Waals surface area (Å²) < 4.78 is 25.8. The van der Waals surface area contributed by atoms with Gasteiger partial charge >= 0.3 is 5.97 Å². The molecular formula is C12H14ClNO5S. The SMILES string of the molecule is Cc1ccc(S(=O)(=O)N2CC(O)C[C@H]2C(=O)O)c(Cl)c1. The summed E-state index contributed by atoms with van der Waals surface area (Å²) in [6, 6.07) is 3.15. The second-order valence-electron chi connectivity index (χ2n) is 4.75. The molecule has 2 rings (SSSR count). The first-order valence-electron chi connectivity index (χ1n) is 5.92. The second-order valence-corrected chi connectivity index (χ2v) is 7.02. The van der Waals surface area contributed by atoms with E-state index >= 15 is 0 Å². The Morgan fingerprint density at radius 2 is 2.10 bits per heavy atom. The summed E-state index contributed by atoms with van der Waals surface area (Å²) in [5, 5.41) is 18.7. The minimum absolute atomic E-state index is 0.0375. The second kappa shape index (κ2) is 5.33. The number of aliphatic hydroxyl groups is 1. The molecule has 0 aromatic heterocycles. The van der Waals surface area contributed by atoms with Crippen molar-refractivity contribution in [1.29, 1.82) is 0 Å². The van der Waals surface area contributed by atoms with Gasteiger partial charge in [0.1, 0.15) is 10.9 Å². The Balaban J connectivity index is 2.46. The third-order valence-electron chi connectivity index (χ3n) is 3.19. The Morgan fingerprint density at radius 1 is 1.45 bits per heavy atom. The van der Waals surface area contributed by atoms with Crippen LogP contribution in [0.4, 0.5) is 0 Å². The van der Waals surface area contributed by atoms with Crippen molar-refractivity contribution in [3.8, 4) is 0 Å². The third kappa shape index (κ3) is 2.67. The molecule has 6 nitrogen and oxygen atoms in total. The van der Waals surface area contributed by atoms with E-state index in [9.17, 15) is 18.3 Å². The van der Waals surface area contributed by atoms with Crippen molar-refractivity contribution in [2.24, 2.45) is 0 Å². The fraction of sp³-hybridized carbons (Fsp3) is 0.417. The van der Waals surface area contributed by atoms with E-state index in [0.717, 1.165) is 9.87 Å². The summed E-state index contributed by atoms with van der Waals surface area (Å²) in [6.07, 6.45) is -1.12. The Kier molecular flexibility index (Phi) is 4.06. The van der Waals surface area contributed by atoms with Crippen molar-refractivity contribution in [3.63, 3.8) is 0 Å². The van der Waals surface area contributed by atoms with Gasteiger partial charge in [-0.2, -0.15) is 4.31 Å². The number of halogens is 1. The van der Waals surface area contributed by atoms with Crippen LogP contribution in [0.1, 0.15) is 12.0 Å². The molecule has 20 heavy (non-hydrogen) atoms. The van der Waals surface area contributed by atoms with Crippen molar-refractivity contribution in [1.82, 2.24) is 4.31 Å². The first-order chi connectivity index (χ1) is 9.23. The number of hydrogen-bond donors (Lipinski definition) is 2. The molecule has 1 unspecified atom stereocenters. The molecule has 0 aliphatic carbocycles. The number of aliphatic carboxylic acids is 1. The number of hydrogen-bond acceptors (Lipinski definition) is 4. The molecular weight excluding hydrogens is 306 g/mol. The summed E-state index contributed by atoms with van der Waals surface area (Å²) >= 11 is 5.94. The largest absolute Gasteiger partial charge is 0.480 e. The van der Waals surface area contributed by atoms with Crippen LogP contribution in [-0.4, -0.2) is 47.6 Å². The van der Waals surface area contributed by atoms with E-state index in [0.29, 0.717) is 0 Å². The van der Waals surface area contributed by atoms with Gasteiger partial charge in [-0.3, -0.25) is 4.79 Å². The minimum Gasteiger partial charge on any atom is -0.480 e.